The van der Waals surface area contributed by atoms with Crippen LogP contribution in [-0.4, -0.2) is 20.8 Å². The first-order chi connectivity index (χ1) is 11.9. The normalized spacial score (nSPS) is 51.0. The van der Waals surface area contributed by atoms with Crippen molar-refractivity contribution in [2.24, 2.45) is 38.6 Å². The van der Waals surface area contributed by atoms with E-state index in [1.807, 2.05) is 0 Å². The van der Waals surface area contributed by atoms with Gasteiger partial charge in [-0.25, -0.2) is 5.14 Å². The summed E-state index contributed by atoms with van der Waals surface area (Å²) in [5, 5.41) is 5.11. The highest BCUT2D eigenvalue weighted by Crippen LogP contribution is 2.72. The van der Waals surface area contributed by atoms with Gasteiger partial charge in [0.05, 0.1) is 6.61 Å². The third-order valence-electron chi connectivity index (χ3n) is 9.03. The molecule has 0 aromatic carbocycles. The van der Waals surface area contributed by atoms with Crippen molar-refractivity contribution in [2.45, 2.75) is 78.6 Å². The SMILES string of the molecule is C[C@@]12CC[C@@H]3[C@@](CCC4[C@](C)(COS(N)(=O)=O)CCC[C@]43C)(CC1=O)C2. The van der Waals surface area contributed by atoms with E-state index in [2.05, 4.69) is 20.8 Å². The molecule has 0 radical (unpaired) electrons. The number of carbonyl (C=O) groups excluding carboxylic acids is 1. The Morgan fingerprint density at radius 2 is 1.77 bits per heavy atom. The molecule has 4 aliphatic rings. The lowest BCUT2D eigenvalue weighted by atomic mass is 9.40. The molecule has 4 saturated carbocycles. The molecule has 4 fully saturated rings. The molecular formula is C20H33NO4S. The smallest absolute Gasteiger partial charge is 0.299 e. The maximum Gasteiger partial charge on any atom is 0.333 e. The Morgan fingerprint density at radius 1 is 1.08 bits per heavy atom. The van der Waals surface area contributed by atoms with Gasteiger partial charge in [0.25, 0.3) is 0 Å². The molecule has 0 heterocycles. The molecule has 1 spiro atoms. The van der Waals surface area contributed by atoms with Gasteiger partial charge in [0, 0.05) is 11.8 Å². The van der Waals surface area contributed by atoms with E-state index >= 15 is 0 Å². The van der Waals surface area contributed by atoms with Crippen LogP contribution in [0.3, 0.4) is 0 Å². The van der Waals surface area contributed by atoms with Crippen molar-refractivity contribution >= 4 is 16.1 Å². The average molecular weight is 384 g/mol. The van der Waals surface area contributed by atoms with Gasteiger partial charge in [0.1, 0.15) is 5.78 Å². The Balaban J connectivity index is 1.65. The van der Waals surface area contributed by atoms with Gasteiger partial charge in [0.15, 0.2) is 0 Å². The Morgan fingerprint density at radius 3 is 2.46 bits per heavy atom. The predicted molar refractivity (Wildman–Crippen MR) is 99.4 cm³/mol. The topological polar surface area (TPSA) is 86.5 Å². The van der Waals surface area contributed by atoms with Gasteiger partial charge in [-0.1, -0.05) is 27.2 Å². The van der Waals surface area contributed by atoms with Crippen LogP contribution < -0.4 is 5.14 Å². The summed E-state index contributed by atoms with van der Waals surface area (Å²) in [6.45, 7) is 6.97. The molecule has 4 rings (SSSR count). The minimum absolute atomic E-state index is 0.0889. The second-order valence-corrected chi connectivity index (χ2v) is 11.9. The van der Waals surface area contributed by atoms with Crippen LogP contribution in [0.25, 0.3) is 0 Å². The van der Waals surface area contributed by atoms with Gasteiger partial charge in [-0.3, -0.25) is 8.98 Å². The molecule has 2 N–H and O–H groups in total. The van der Waals surface area contributed by atoms with Crippen molar-refractivity contribution in [1.82, 2.24) is 0 Å². The molecule has 4 aliphatic carbocycles. The quantitative estimate of drug-likeness (QED) is 0.807. The van der Waals surface area contributed by atoms with E-state index in [4.69, 9.17) is 9.32 Å². The van der Waals surface area contributed by atoms with E-state index in [1.165, 1.54) is 6.42 Å². The van der Waals surface area contributed by atoms with E-state index in [1.54, 1.807) is 0 Å². The summed E-state index contributed by atoms with van der Waals surface area (Å²) in [7, 11) is -3.91. The molecule has 26 heavy (non-hydrogen) atoms. The van der Waals surface area contributed by atoms with Crippen LogP contribution in [-0.2, 0) is 19.3 Å². The lowest BCUT2D eigenvalue weighted by molar-refractivity contribution is -0.161. The Hall–Kier alpha value is -0.460. The van der Waals surface area contributed by atoms with Crippen molar-refractivity contribution in [3.05, 3.63) is 0 Å². The number of nitrogens with two attached hydrogens (primary N) is 1. The largest absolute Gasteiger partial charge is 0.333 e. The van der Waals surface area contributed by atoms with Crippen molar-refractivity contribution < 1.29 is 17.4 Å². The fourth-order valence-electron chi connectivity index (χ4n) is 8.03. The number of carbonyl (C=O) groups is 1. The highest BCUT2D eigenvalue weighted by molar-refractivity contribution is 7.84. The van der Waals surface area contributed by atoms with Crippen LogP contribution in [0.5, 0.6) is 0 Å². The average Bonchev–Trinajstić information content (AvgIpc) is 2.69. The maximum atomic E-state index is 12.7. The van der Waals surface area contributed by atoms with Gasteiger partial charge in [-0.2, -0.15) is 8.42 Å². The molecule has 0 amide bonds. The first-order valence-electron chi connectivity index (χ1n) is 10.1. The molecule has 0 saturated heterocycles. The zero-order valence-corrected chi connectivity index (χ0v) is 17.2. The minimum Gasteiger partial charge on any atom is -0.299 e. The molecule has 2 bridgehead atoms. The molecule has 5 nitrogen and oxygen atoms in total. The zero-order valence-electron chi connectivity index (χ0n) is 16.3. The van der Waals surface area contributed by atoms with Crippen molar-refractivity contribution in [1.29, 1.82) is 0 Å². The third kappa shape index (κ3) is 2.62. The molecule has 1 unspecified atom stereocenters. The van der Waals surface area contributed by atoms with E-state index < -0.39 is 10.3 Å². The van der Waals surface area contributed by atoms with Gasteiger partial charge in [-0.05, 0) is 73.0 Å². The molecular weight excluding hydrogens is 350 g/mol. The molecule has 6 heteroatoms. The summed E-state index contributed by atoms with van der Waals surface area (Å²) in [5.74, 6) is 1.49. The highest BCUT2D eigenvalue weighted by Gasteiger charge is 2.67. The van der Waals surface area contributed by atoms with Crippen LogP contribution in [0.1, 0.15) is 78.6 Å². The lowest BCUT2D eigenvalue weighted by Gasteiger charge is -2.64. The summed E-state index contributed by atoms with van der Waals surface area (Å²) in [6.07, 6.45) is 9.42. The minimum atomic E-state index is -3.91. The fourth-order valence-corrected chi connectivity index (χ4v) is 8.46. The van der Waals surface area contributed by atoms with Crippen LogP contribution in [0.15, 0.2) is 0 Å². The monoisotopic (exact) mass is 383 g/mol. The second-order valence-electron chi connectivity index (χ2n) is 10.7. The molecule has 0 aliphatic heterocycles. The second kappa shape index (κ2) is 5.54. The predicted octanol–water partition coefficient (Wildman–Crippen LogP) is 3.58. The standard InChI is InChI=1S/C20H33NO4S/c1-17-9-5-15-19(3)8-4-7-18(2,13-25-26(21,23)24)14(19)6-10-20(15,12-17)11-16(17)22/h14-15H,4-13H2,1-3H3,(H2,21,23,24)/t14?,15-,17-,18-,19+,20-/m0/s1. The van der Waals surface area contributed by atoms with Gasteiger partial charge < -0.3 is 0 Å². The number of rotatable bonds is 3. The Labute approximate surface area is 157 Å². The molecule has 0 aromatic heterocycles. The molecule has 6 atom stereocenters. The van der Waals surface area contributed by atoms with Crippen LogP contribution >= 0.6 is 0 Å². The van der Waals surface area contributed by atoms with Crippen LogP contribution in [0, 0.1) is 33.5 Å². The first-order valence-corrected chi connectivity index (χ1v) is 11.6. The van der Waals surface area contributed by atoms with Gasteiger partial charge in [-0.15, -0.1) is 0 Å². The fraction of sp³-hybridized carbons (Fsp3) is 0.950. The van der Waals surface area contributed by atoms with Crippen LogP contribution in [0.4, 0.5) is 0 Å². The highest BCUT2D eigenvalue weighted by atomic mass is 32.2. The Kier molecular flexibility index (Phi) is 4.02. The summed E-state index contributed by atoms with van der Waals surface area (Å²) in [6, 6.07) is 0. The third-order valence-corrected chi connectivity index (χ3v) is 9.48. The van der Waals surface area contributed by atoms with Crippen LogP contribution in [0.2, 0.25) is 0 Å². The van der Waals surface area contributed by atoms with Crippen molar-refractivity contribution in [3.63, 3.8) is 0 Å². The summed E-state index contributed by atoms with van der Waals surface area (Å²) in [4.78, 5) is 12.7. The van der Waals surface area contributed by atoms with E-state index in [0.717, 1.165) is 51.4 Å². The maximum absolute atomic E-state index is 12.7. The van der Waals surface area contributed by atoms with Crippen molar-refractivity contribution in [2.75, 3.05) is 6.61 Å². The summed E-state index contributed by atoms with van der Waals surface area (Å²) < 4.78 is 27.8. The van der Waals surface area contributed by atoms with Gasteiger partial charge >= 0.3 is 10.3 Å². The van der Waals surface area contributed by atoms with E-state index in [0.29, 0.717) is 17.6 Å². The lowest BCUT2D eigenvalue weighted by Crippen LogP contribution is -2.58. The van der Waals surface area contributed by atoms with Crippen molar-refractivity contribution in [3.8, 4) is 0 Å². The summed E-state index contributed by atoms with van der Waals surface area (Å²) >= 11 is 0. The molecule has 148 valence electrons. The first kappa shape index (κ1) is 18.9. The number of Topliss-reactive ketones (excluding diaryl/α,β-unsaturated/α-hetero) is 1. The number of hydrogen-bond acceptors (Lipinski definition) is 4. The number of ketones is 1. The zero-order chi connectivity index (χ0) is 19.0. The Bertz CT molecular complexity index is 736. The van der Waals surface area contributed by atoms with E-state index in [9.17, 15) is 13.2 Å². The van der Waals surface area contributed by atoms with Gasteiger partial charge in [0.2, 0.25) is 0 Å². The van der Waals surface area contributed by atoms with E-state index in [-0.39, 0.29) is 28.3 Å². The summed E-state index contributed by atoms with van der Waals surface area (Å²) in [5.41, 5.74) is 0.103. The molecule has 0 aromatic rings. The number of fused-ring (bicyclic) bond motifs is 3. The number of hydrogen-bond donors (Lipinski definition) is 1.